The summed E-state index contributed by atoms with van der Waals surface area (Å²) in [6.07, 6.45) is 1.76. The van der Waals surface area contributed by atoms with Gasteiger partial charge in [-0.05, 0) is 69.1 Å². The van der Waals surface area contributed by atoms with E-state index >= 15 is 0 Å². The Hall–Kier alpha value is -2.33. The minimum Gasteiger partial charge on any atom is -0.381 e. The highest BCUT2D eigenvalue weighted by Gasteiger charge is 2.51. The van der Waals surface area contributed by atoms with Gasteiger partial charge in [-0.2, -0.15) is 0 Å². The second kappa shape index (κ2) is 6.76. The fraction of sp³-hybridized carbons (Fsp3) is 0.409. The summed E-state index contributed by atoms with van der Waals surface area (Å²) in [7, 11) is 0. The van der Waals surface area contributed by atoms with Crippen LogP contribution in [0.4, 0.5) is 11.4 Å². The lowest BCUT2D eigenvalue weighted by molar-refractivity contribution is -0.124. The number of anilines is 2. The number of hydrogen-bond acceptors (Lipinski definition) is 3. The number of hydrogen-bond donors (Lipinski definition) is 2. The Bertz CT molecular complexity index is 794. The third kappa shape index (κ3) is 2.78. The van der Waals surface area contributed by atoms with Gasteiger partial charge in [0.25, 0.3) is 0 Å². The number of carbonyl (C=O) groups excluding carboxylic acids is 1. The molecule has 26 heavy (non-hydrogen) atoms. The quantitative estimate of drug-likeness (QED) is 0.885. The maximum absolute atomic E-state index is 13.3. The molecule has 0 aromatic heterocycles. The third-order valence-corrected chi connectivity index (χ3v) is 5.71. The molecule has 2 aromatic rings. The van der Waals surface area contributed by atoms with Gasteiger partial charge in [-0.3, -0.25) is 4.79 Å². The van der Waals surface area contributed by atoms with Crippen LogP contribution in [0.25, 0.3) is 0 Å². The molecule has 2 aliphatic rings. The predicted octanol–water partition coefficient (Wildman–Crippen LogP) is 3.67. The van der Waals surface area contributed by atoms with Gasteiger partial charge in [-0.15, -0.1) is 0 Å². The van der Waals surface area contributed by atoms with Gasteiger partial charge in [0, 0.05) is 24.0 Å². The Kier molecular flexibility index (Phi) is 4.45. The molecule has 2 aromatic carbocycles. The summed E-state index contributed by atoms with van der Waals surface area (Å²) in [6, 6.07) is 17.0. The summed E-state index contributed by atoms with van der Waals surface area (Å²) in [4.78, 5) is 15.4. The summed E-state index contributed by atoms with van der Waals surface area (Å²) < 4.78 is 0. The normalized spacial score (nSPS) is 18.4. The van der Waals surface area contributed by atoms with E-state index in [-0.39, 0.29) is 17.4 Å². The van der Waals surface area contributed by atoms with Crippen molar-refractivity contribution in [2.24, 2.45) is 0 Å². The Labute approximate surface area is 155 Å². The third-order valence-electron chi connectivity index (χ3n) is 5.71. The molecule has 4 rings (SSSR count). The van der Waals surface area contributed by atoms with Gasteiger partial charge in [0.05, 0.1) is 5.41 Å². The first-order valence-corrected chi connectivity index (χ1v) is 9.58. The van der Waals surface area contributed by atoms with Crippen molar-refractivity contribution < 1.29 is 4.79 Å². The molecule has 0 bridgehead atoms. The van der Waals surface area contributed by atoms with Crippen molar-refractivity contribution in [1.82, 2.24) is 5.32 Å². The van der Waals surface area contributed by atoms with E-state index < -0.39 is 0 Å². The maximum atomic E-state index is 13.3. The summed E-state index contributed by atoms with van der Waals surface area (Å²) in [5, 5.41) is 6.93. The van der Waals surface area contributed by atoms with Gasteiger partial charge < -0.3 is 15.5 Å². The van der Waals surface area contributed by atoms with E-state index in [0.29, 0.717) is 0 Å². The molecule has 1 spiro atoms. The molecular formula is C22H27N3O. The Morgan fingerprint density at radius 2 is 1.85 bits per heavy atom. The summed E-state index contributed by atoms with van der Waals surface area (Å²) in [5.41, 5.74) is 4.29. The second-order valence-electron chi connectivity index (χ2n) is 7.67. The lowest BCUT2D eigenvalue weighted by Crippen LogP contribution is -2.48. The number of rotatable bonds is 4. The molecular weight excluding hydrogens is 322 g/mol. The highest BCUT2D eigenvalue weighted by Crippen LogP contribution is 2.48. The SMILES string of the molecule is CC(C)N1C(=O)C2(CCNCC2)c2cc(NCc3ccccc3)ccc21. The molecule has 4 heteroatoms. The molecule has 2 N–H and O–H groups in total. The summed E-state index contributed by atoms with van der Waals surface area (Å²) >= 11 is 0. The van der Waals surface area contributed by atoms with Gasteiger partial charge >= 0.3 is 0 Å². The van der Waals surface area contributed by atoms with Crippen molar-refractivity contribution in [3.63, 3.8) is 0 Å². The van der Waals surface area contributed by atoms with Crippen LogP contribution in [0.3, 0.4) is 0 Å². The monoisotopic (exact) mass is 349 g/mol. The van der Waals surface area contributed by atoms with Crippen molar-refractivity contribution >= 4 is 17.3 Å². The van der Waals surface area contributed by atoms with E-state index in [0.717, 1.165) is 43.9 Å². The van der Waals surface area contributed by atoms with Crippen LogP contribution in [0.5, 0.6) is 0 Å². The van der Waals surface area contributed by atoms with Gasteiger partial charge in [-0.1, -0.05) is 30.3 Å². The van der Waals surface area contributed by atoms with Crippen LogP contribution >= 0.6 is 0 Å². The number of fused-ring (bicyclic) bond motifs is 2. The molecule has 1 saturated heterocycles. The number of nitrogens with one attached hydrogen (secondary N) is 2. The van der Waals surface area contributed by atoms with Crippen LogP contribution in [0.2, 0.25) is 0 Å². The number of amides is 1. The van der Waals surface area contributed by atoms with Crippen LogP contribution in [-0.4, -0.2) is 25.0 Å². The molecule has 2 aliphatic heterocycles. The fourth-order valence-corrected chi connectivity index (χ4v) is 4.34. The van der Waals surface area contributed by atoms with Crippen LogP contribution in [0.15, 0.2) is 48.5 Å². The zero-order chi connectivity index (χ0) is 18.1. The molecule has 136 valence electrons. The standard InChI is InChI=1S/C22H27N3O/c1-16(2)25-20-9-8-18(24-15-17-6-4-3-5-7-17)14-19(20)22(21(25)26)10-12-23-13-11-22/h3-9,14,16,23-24H,10-13,15H2,1-2H3. The number of piperidine rings is 1. The van der Waals surface area contributed by atoms with Crippen LogP contribution in [-0.2, 0) is 16.8 Å². The summed E-state index contributed by atoms with van der Waals surface area (Å²) in [5.74, 6) is 0.282. The molecule has 4 nitrogen and oxygen atoms in total. The summed E-state index contributed by atoms with van der Waals surface area (Å²) in [6.45, 7) is 6.79. The molecule has 0 radical (unpaired) electrons. The van der Waals surface area contributed by atoms with Gasteiger partial charge in [0.1, 0.15) is 0 Å². The number of benzene rings is 2. The Morgan fingerprint density at radius 3 is 2.54 bits per heavy atom. The van der Waals surface area contributed by atoms with Crippen molar-refractivity contribution in [3.8, 4) is 0 Å². The zero-order valence-corrected chi connectivity index (χ0v) is 15.6. The lowest BCUT2D eigenvalue weighted by Gasteiger charge is -2.33. The van der Waals surface area contributed by atoms with E-state index in [1.54, 1.807) is 0 Å². The van der Waals surface area contributed by atoms with E-state index in [4.69, 9.17) is 0 Å². The second-order valence-corrected chi connectivity index (χ2v) is 7.67. The average Bonchev–Trinajstić information content (AvgIpc) is 2.90. The van der Waals surface area contributed by atoms with Crippen molar-refractivity contribution in [2.45, 2.75) is 44.7 Å². The average molecular weight is 349 g/mol. The lowest BCUT2D eigenvalue weighted by atomic mass is 9.74. The first-order chi connectivity index (χ1) is 12.6. The van der Waals surface area contributed by atoms with E-state index in [2.05, 4.69) is 66.9 Å². The van der Waals surface area contributed by atoms with Gasteiger partial charge in [-0.25, -0.2) is 0 Å². The van der Waals surface area contributed by atoms with Crippen LogP contribution in [0, 0.1) is 0 Å². The van der Waals surface area contributed by atoms with E-state index in [9.17, 15) is 4.79 Å². The highest BCUT2D eigenvalue weighted by atomic mass is 16.2. The predicted molar refractivity (Wildman–Crippen MR) is 107 cm³/mol. The van der Waals surface area contributed by atoms with Crippen molar-refractivity contribution in [3.05, 3.63) is 59.7 Å². The number of carbonyl (C=O) groups is 1. The minimum atomic E-state index is -0.352. The highest BCUT2D eigenvalue weighted by molar-refractivity contribution is 6.09. The van der Waals surface area contributed by atoms with E-state index in [1.165, 1.54) is 11.1 Å². The minimum absolute atomic E-state index is 0.179. The largest absolute Gasteiger partial charge is 0.381 e. The van der Waals surface area contributed by atoms with E-state index in [1.807, 2.05) is 11.0 Å². The van der Waals surface area contributed by atoms with Gasteiger partial charge in [0.2, 0.25) is 5.91 Å². The van der Waals surface area contributed by atoms with Gasteiger partial charge in [0.15, 0.2) is 0 Å². The molecule has 0 atom stereocenters. The first-order valence-electron chi connectivity index (χ1n) is 9.58. The first kappa shape index (κ1) is 17.1. The molecule has 0 saturated carbocycles. The Morgan fingerprint density at radius 1 is 1.12 bits per heavy atom. The topological polar surface area (TPSA) is 44.4 Å². The molecule has 1 amide bonds. The van der Waals surface area contributed by atoms with Crippen LogP contribution < -0.4 is 15.5 Å². The molecule has 0 aliphatic carbocycles. The van der Waals surface area contributed by atoms with Crippen molar-refractivity contribution in [2.75, 3.05) is 23.3 Å². The number of nitrogens with zero attached hydrogens (tertiary/aromatic N) is 1. The maximum Gasteiger partial charge on any atom is 0.238 e. The molecule has 0 unspecified atom stereocenters. The molecule has 2 heterocycles. The smallest absolute Gasteiger partial charge is 0.238 e. The molecule has 1 fully saturated rings. The fourth-order valence-electron chi connectivity index (χ4n) is 4.34. The Balaban J connectivity index is 1.67. The zero-order valence-electron chi connectivity index (χ0n) is 15.6. The van der Waals surface area contributed by atoms with Crippen LogP contribution in [0.1, 0.15) is 37.8 Å². The van der Waals surface area contributed by atoms with Crippen molar-refractivity contribution in [1.29, 1.82) is 0 Å².